The summed E-state index contributed by atoms with van der Waals surface area (Å²) < 4.78 is 14.3. The fraction of sp³-hybridized carbons (Fsp3) is 0.0526. The van der Waals surface area contributed by atoms with E-state index in [1.54, 1.807) is 0 Å². The van der Waals surface area contributed by atoms with Crippen molar-refractivity contribution >= 4 is 16.9 Å². The van der Waals surface area contributed by atoms with Crippen molar-refractivity contribution in [2.45, 2.75) is 12.5 Å². The molecule has 0 fully saturated rings. The summed E-state index contributed by atoms with van der Waals surface area (Å²) in [5.74, 6) is -0.780. The lowest BCUT2D eigenvalue weighted by Gasteiger charge is -2.33. The van der Waals surface area contributed by atoms with Crippen molar-refractivity contribution < 1.29 is 4.39 Å². The van der Waals surface area contributed by atoms with Crippen molar-refractivity contribution in [2.24, 2.45) is 0 Å². The molecule has 0 heterocycles. The van der Waals surface area contributed by atoms with E-state index >= 15 is 0 Å². The van der Waals surface area contributed by atoms with Crippen molar-refractivity contribution in [3.05, 3.63) is 162 Å². The first kappa shape index (κ1) is 26.5. The number of hydrogen-bond acceptors (Lipinski definition) is 3. The van der Waals surface area contributed by atoms with Gasteiger partial charge in [-0.3, -0.25) is 0 Å². The summed E-state index contributed by atoms with van der Waals surface area (Å²) in [6.45, 7) is 0. The number of halogens is 1. The Morgan fingerprint density at radius 1 is 0.595 bits per heavy atom. The summed E-state index contributed by atoms with van der Waals surface area (Å²) >= 11 is 0. The van der Waals surface area contributed by atoms with Crippen LogP contribution in [0.2, 0.25) is 0 Å². The van der Waals surface area contributed by atoms with E-state index < -0.39 is 5.82 Å². The highest BCUT2D eigenvalue weighted by Crippen LogP contribution is 2.36. The highest BCUT2D eigenvalue weighted by molar-refractivity contribution is 5.78. The SMILES string of the molecule is N#Cc1cc(-c2ccc(N(c3ccc(-c4ccccc4)cc3)C3C=CC(c4ccccc4)=CC3)cc2)cc(C#N)c1F. The molecule has 0 saturated heterocycles. The maximum atomic E-state index is 14.3. The monoisotopic (exact) mass is 543 g/mol. The molecular weight excluding hydrogens is 517 g/mol. The van der Waals surface area contributed by atoms with E-state index in [-0.39, 0.29) is 17.2 Å². The van der Waals surface area contributed by atoms with Gasteiger partial charge in [-0.25, -0.2) is 4.39 Å². The minimum absolute atomic E-state index is 0.0899. The number of nitriles is 2. The first-order valence-electron chi connectivity index (χ1n) is 13.8. The van der Waals surface area contributed by atoms with Crippen LogP contribution in [-0.2, 0) is 0 Å². The molecule has 6 rings (SSSR count). The van der Waals surface area contributed by atoms with E-state index in [9.17, 15) is 14.9 Å². The van der Waals surface area contributed by atoms with Gasteiger partial charge >= 0.3 is 0 Å². The second-order valence-electron chi connectivity index (χ2n) is 10.1. The van der Waals surface area contributed by atoms with Crippen LogP contribution in [-0.4, -0.2) is 6.04 Å². The van der Waals surface area contributed by atoms with E-state index in [1.165, 1.54) is 28.8 Å². The lowest BCUT2D eigenvalue weighted by Crippen LogP contribution is -2.30. The molecule has 1 unspecified atom stereocenters. The topological polar surface area (TPSA) is 50.8 Å². The van der Waals surface area contributed by atoms with Crippen LogP contribution < -0.4 is 4.90 Å². The van der Waals surface area contributed by atoms with E-state index in [2.05, 4.69) is 83.8 Å². The Morgan fingerprint density at radius 3 is 1.55 bits per heavy atom. The van der Waals surface area contributed by atoms with Gasteiger partial charge in [-0.15, -0.1) is 0 Å². The molecule has 0 aliphatic heterocycles. The Hall–Kier alpha value is -5.71. The van der Waals surface area contributed by atoms with E-state index in [4.69, 9.17) is 0 Å². The van der Waals surface area contributed by atoms with E-state index in [1.807, 2.05) is 60.7 Å². The average molecular weight is 544 g/mol. The first-order valence-corrected chi connectivity index (χ1v) is 13.8. The van der Waals surface area contributed by atoms with Gasteiger partial charge in [0.05, 0.1) is 17.2 Å². The Bertz CT molecular complexity index is 1820. The zero-order valence-electron chi connectivity index (χ0n) is 22.8. The Balaban J connectivity index is 1.35. The smallest absolute Gasteiger partial charge is 0.158 e. The molecule has 4 heteroatoms. The quantitative estimate of drug-likeness (QED) is 0.214. The summed E-state index contributed by atoms with van der Waals surface area (Å²) in [6.07, 6.45) is 7.55. The number of hydrogen-bond donors (Lipinski definition) is 0. The lowest BCUT2D eigenvalue weighted by molar-refractivity contribution is 0.620. The second-order valence-corrected chi connectivity index (χ2v) is 10.1. The Labute approximate surface area is 245 Å². The molecule has 1 aliphatic carbocycles. The highest BCUT2D eigenvalue weighted by Gasteiger charge is 2.21. The molecule has 42 heavy (non-hydrogen) atoms. The highest BCUT2D eigenvalue weighted by atomic mass is 19.1. The average Bonchev–Trinajstić information content (AvgIpc) is 3.07. The van der Waals surface area contributed by atoms with E-state index in [0.717, 1.165) is 28.9 Å². The summed E-state index contributed by atoms with van der Waals surface area (Å²) in [4.78, 5) is 2.32. The third-order valence-electron chi connectivity index (χ3n) is 7.56. The van der Waals surface area contributed by atoms with Crippen molar-refractivity contribution in [1.82, 2.24) is 0 Å². The number of nitrogens with zero attached hydrogens (tertiary/aromatic N) is 3. The van der Waals surface area contributed by atoms with Crippen LogP contribution in [0.15, 0.2) is 140 Å². The van der Waals surface area contributed by atoms with Gasteiger partial charge in [0.2, 0.25) is 0 Å². The minimum Gasteiger partial charge on any atom is -0.334 e. The van der Waals surface area contributed by atoms with Gasteiger partial charge in [-0.1, -0.05) is 103 Å². The predicted octanol–water partition coefficient (Wildman–Crippen LogP) is 9.45. The van der Waals surface area contributed by atoms with E-state index in [0.29, 0.717) is 5.56 Å². The molecule has 3 nitrogen and oxygen atoms in total. The van der Waals surface area contributed by atoms with Gasteiger partial charge in [0, 0.05) is 11.4 Å². The normalized spacial score (nSPS) is 14.0. The fourth-order valence-corrected chi connectivity index (χ4v) is 5.39. The maximum absolute atomic E-state index is 14.3. The molecule has 1 atom stereocenters. The first-order chi connectivity index (χ1) is 20.6. The van der Waals surface area contributed by atoms with Gasteiger partial charge in [0.25, 0.3) is 0 Å². The summed E-state index contributed by atoms with van der Waals surface area (Å²) in [5.41, 5.74) is 7.94. The minimum atomic E-state index is -0.780. The van der Waals surface area contributed by atoms with Crippen LogP contribution in [0.3, 0.4) is 0 Å². The number of allylic oxidation sites excluding steroid dienone is 2. The zero-order valence-corrected chi connectivity index (χ0v) is 22.8. The lowest BCUT2D eigenvalue weighted by atomic mass is 9.95. The van der Waals surface area contributed by atoms with Gasteiger partial charge in [-0.2, -0.15) is 10.5 Å². The zero-order chi connectivity index (χ0) is 28.9. The molecule has 5 aromatic carbocycles. The third kappa shape index (κ3) is 5.35. The van der Waals surface area contributed by atoms with Gasteiger partial charge in [0.15, 0.2) is 5.82 Å². The molecular formula is C38H26FN3. The van der Waals surface area contributed by atoms with Crippen molar-refractivity contribution in [2.75, 3.05) is 4.90 Å². The number of anilines is 2. The van der Waals surface area contributed by atoms with Gasteiger partial charge in [0.1, 0.15) is 12.1 Å². The van der Waals surface area contributed by atoms with Gasteiger partial charge in [-0.05, 0) is 76.2 Å². The van der Waals surface area contributed by atoms with Crippen LogP contribution in [0.4, 0.5) is 15.8 Å². The number of benzene rings is 5. The van der Waals surface area contributed by atoms with Crippen LogP contribution in [0, 0.1) is 28.5 Å². The standard InChI is InChI=1S/C38H26FN3/c39-38-33(25-40)23-32(24-34(38)26-41)31-15-21-37(22-16-31)42(35-17-11-29(12-18-35)27-7-3-1-4-8-27)36-19-13-30(14-20-36)28-9-5-2-6-10-28/h1-19,21-24,36H,20H2. The van der Waals surface area contributed by atoms with Gasteiger partial charge < -0.3 is 4.90 Å². The molecule has 200 valence electrons. The van der Waals surface area contributed by atoms with Crippen LogP contribution >= 0.6 is 0 Å². The summed E-state index contributed by atoms with van der Waals surface area (Å²) in [5, 5.41) is 18.7. The maximum Gasteiger partial charge on any atom is 0.158 e. The molecule has 0 saturated carbocycles. The van der Waals surface area contributed by atoms with Crippen LogP contribution in [0.1, 0.15) is 23.1 Å². The van der Waals surface area contributed by atoms with Crippen LogP contribution in [0.5, 0.6) is 0 Å². The Morgan fingerprint density at radius 2 is 1.07 bits per heavy atom. The molecule has 0 bridgehead atoms. The number of rotatable bonds is 6. The predicted molar refractivity (Wildman–Crippen MR) is 167 cm³/mol. The molecule has 5 aromatic rings. The van der Waals surface area contributed by atoms with Crippen LogP contribution in [0.25, 0.3) is 27.8 Å². The van der Waals surface area contributed by atoms with Crippen molar-refractivity contribution in [1.29, 1.82) is 10.5 Å². The van der Waals surface area contributed by atoms with Crippen molar-refractivity contribution in [3.63, 3.8) is 0 Å². The summed E-state index contributed by atoms with van der Waals surface area (Å²) in [7, 11) is 0. The third-order valence-corrected chi connectivity index (χ3v) is 7.56. The Kier molecular flexibility index (Phi) is 7.45. The van der Waals surface area contributed by atoms with Crippen molar-refractivity contribution in [3.8, 4) is 34.4 Å². The molecule has 0 N–H and O–H groups in total. The molecule has 0 amide bonds. The molecule has 0 radical (unpaired) electrons. The molecule has 0 spiro atoms. The largest absolute Gasteiger partial charge is 0.334 e. The fourth-order valence-electron chi connectivity index (χ4n) is 5.39. The molecule has 1 aliphatic rings. The summed E-state index contributed by atoms with van der Waals surface area (Å²) in [6, 6.07) is 44.1. The molecule has 0 aromatic heterocycles. The second kappa shape index (κ2) is 11.8.